The highest BCUT2D eigenvalue weighted by Gasteiger charge is 2.21. The number of rotatable bonds is 3. The van der Waals surface area contributed by atoms with E-state index >= 15 is 0 Å². The zero-order chi connectivity index (χ0) is 11.4. The Balaban J connectivity index is 2.00. The summed E-state index contributed by atoms with van der Waals surface area (Å²) in [6.07, 6.45) is 1.20. The van der Waals surface area contributed by atoms with Crippen LogP contribution in [0, 0.1) is 11.3 Å². The van der Waals surface area contributed by atoms with Crippen LogP contribution in [0.4, 0.5) is 5.69 Å². The predicted molar refractivity (Wildman–Crippen MR) is 65.5 cm³/mol. The highest BCUT2D eigenvalue weighted by molar-refractivity contribution is 5.50. The molecule has 3 nitrogen and oxygen atoms in total. The van der Waals surface area contributed by atoms with Gasteiger partial charge in [-0.05, 0) is 37.2 Å². The molecule has 3 heteroatoms. The van der Waals surface area contributed by atoms with Gasteiger partial charge in [-0.15, -0.1) is 0 Å². The lowest BCUT2D eigenvalue weighted by Crippen LogP contribution is -2.32. The third-order valence-corrected chi connectivity index (χ3v) is 3.04. The van der Waals surface area contributed by atoms with E-state index in [4.69, 9.17) is 5.26 Å². The fourth-order valence-electron chi connectivity index (χ4n) is 2.20. The summed E-state index contributed by atoms with van der Waals surface area (Å²) in [5, 5.41) is 12.2. The third kappa shape index (κ3) is 2.34. The van der Waals surface area contributed by atoms with Gasteiger partial charge in [0.15, 0.2) is 0 Å². The van der Waals surface area contributed by atoms with E-state index < -0.39 is 0 Å². The van der Waals surface area contributed by atoms with Crippen molar-refractivity contribution in [1.82, 2.24) is 5.32 Å². The molecule has 0 bridgehead atoms. The van der Waals surface area contributed by atoms with Gasteiger partial charge in [-0.2, -0.15) is 5.26 Å². The van der Waals surface area contributed by atoms with Gasteiger partial charge < -0.3 is 10.2 Å². The maximum atomic E-state index is 8.73. The lowest BCUT2D eigenvalue weighted by Gasteiger charge is -2.18. The molecule has 1 aliphatic rings. The zero-order valence-corrected chi connectivity index (χ0v) is 9.61. The largest absolute Gasteiger partial charge is 0.370 e. The summed E-state index contributed by atoms with van der Waals surface area (Å²) in [7, 11) is 0. The van der Waals surface area contributed by atoms with Crippen LogP contribution >= 0.6 is 0 Å². The number of nitriles is 1. The van der Waals surface area contributed by atoms with Crippen molar-refractivity contribution in [2.24, 2.45) is 0 Å². The second-order valence-corrected chi connectivity index (χ2v) is 4.15. The lowest BCUT2D eigenvalue weighted by atomic mass is 10.2. The summed E-state index contributed by atoms with van der Waals surface area (Å²) in [4.78, 5) is 2.37. The number of likely N-dealkylation sites (N-methyl/N-ethyl adjacent to an activating group) is 1. The summed E-state index contributed by atoms with van der Waals surface area (Å²) in [5.74, 6) is 0. The van der Waals surface area contributed by atoms with Crippen LogP contribution in [0.25, 0.3) is 0 Å². The maximum absolute atomic E-state index is 8.73. The Labute approximate surface area is 96.7 Å². The van der Waals surface area contributed by atoms with E-state index in [9.17, 15) is 0 Å². The minimum Gasteiger partial charge on any atom is -0.370 e. The maximum Gasteiger partial charge on any atom is 0.0991 e. The van der Waals surface area contributed by atoms with Crippen molar-refractivity contribution in [3.63, 3.8) is 0 Å². The monoisotopic (exact) mass is 215 g/mol. The van der Waals surface area contributed by atoms with E-state index in [-0.39, 0.29) is 0 Å². The number of hydrogen-bond donors (Lipinski definition) is 1. The van der Waals surface area contributed by atoms with Crippen LogP contribution in [0.1, 0.15) is 18.9 Å². The van der Waals surface area contributed by atoms with Crippen LogP contribution in [0.2, 0.25) is 0 Å². The molecule has 0 aliphatic carbocycles. The van der Waals surface area contributed by atoms with Gasteiger partial charge in [0.1, 0.15) is 0 Å². The van der Waals surface area contributed by atoms with Crippen LogP contribution in [0.15, 0.2) is 24.3 Å². The molecule has 0 spiro atoms. The van der Waals surface area contributed by atoms with Crippen LogP contribution in [-0.2, 0) is 0 Å². The SMILES string of the molecule is CCNC1CCN(c2ccc(C#N)cc2)C1. The fraction of sp³-hybridized carbons (Fsp3) is 0.462. The van der Waals surface area contributed by atoms with Gasteiger partial charge in [-0.25, -0.2) is 0 Å². The van der Waals surface area contributed by atoms with Gasteiger partial charge in [-0.1, -0.05) is 6.92 Å². The van der Waals surface area contributed by atoms with E-state index in [0.717, 1.165) is 25.2 Å². The molecule has 1 atom stereocenters. The molecule has 0 radical (unpaired) electrons. The Morgan fingerprint density at radius 2 is 2.19 bits per heavy atom. The van der Waals surface area contributed by atoms with Gasteiger partial charge in [-0.3, -0.25) is 0 Å². The average Bonchev–Trinajstić information content (AvgIpc) is 2.78. The molecule has 2 rings (SSSR count). The van der Waals surface area contributed by atoms with E-state index in [1.54, 1.807) is 0 Å². The molecule has 0 amide bonds. The smallest absolute Gasteiger partial charge is 0.0991 e. The zero-order valence-electron chi connectivity index (χ0n) is 9.61. The van der Waals surface area contributed by atoms with Crippen LogP contribution < -0.4 is 10.2 Å². The predicted octanol–water partition coefficient (Wildman–Crippen LogP) is 1.75. The molecule has 0 saturated carbocycles. The summed E-state index contributed by atoms with van der Waals surface area (Å²) >= 11 is 0. The van der Waals surface area contributed by atoms with Gasteiger partial charge in [0.05, 0.1) is 11.6 Å². The number of nitrogens with zero attached hydrogens (tertiary/aromatic N) is 2. The van der Waals surface area contributed by atoms with Crippen LogP contribution in [0.3, 0.4) is 0 Å². The number of benzene rings is 1. The molecule has 1 N–H and O–H groups in total. The minimum atomic E-state index is 0.612. The molecule has 1 heterocycles. The molecule has 1 fully saturated rings. The molecule has 1 aromatic rings. The van der Waals surface area contributed by atoms with Gasteiger partial charge in [0.25, 0.3) is 0 Å². The van der Waals surface area contributed by atoms with Gasteiger partial charge in [0.2, 0.25) is 0 Å². The Morgan fingerprint density at radius 3 is 2.81 bits per heavy atom. The van der Waals surface area contributed by atoms with Gasteiger partial charge in [0, 0.05) is 24.8 Å². The van der Waals surface area contributed by atoms with Crippen LogP contribution in [0.5, 0.6) is 0 Å². The van der Waals surface area contributed by atoms with E-state index in [2.05, 4.69) is 23.2 Å². The molecular formula is C13H17N3. The van der Waals surface area contributed by atoms with Crippen molar-refractivity contribution in [3.8, 4) is 6.07 Å². The molecule has 0 aromatic heterocycles. The Bertz CT molecular complexity index is 377. The summed E-state index contributed by atoms with van der Waals surface area (Å²) in [6, 6.07) is 10.6. The average molecular weight is 215 g/mol. The lowest BCUT2D eigenvalue weighted by molar-refractivity contribution is 0.572. The second kappa shape index (κ2) is 5.00. The van der Waals surface area contributed by atoms with Crippen molar-refractivity contribution in [3.05, 3.63) is 29.8 Å². The van der Waals surface area contributed by atoms with E-state index in [0.29, 0.717) is 6.04 Å². The first-order valence-corrected chi connectivity index (χ1v) is 5.82. The van der Waals surface area contributed by atoms with Gasteiger partial charge >= 0.3 is 0 Å². The van der Waals surface area contributed by atoms with Crippen molar-refractivity contribution >= 4 is 5.69 Å². The standard InChI is InChI=1S/C13H17N3/c1-2-15-12-7-8-16(10-12)13-5-3-11(9-14)4-6-13/h3-6,12,15H,2,7-8,10H2,1H3. The van der Waals surface area contributed by atoms with Crippen molar-refractivity contribution in [2.75, 3.05) is 24.5 Å². The normalized spacial score (nSPS) is 19.8. The molecular weight excluding hydrogens is 198 g/mol. The molecule has 16 heavy (non-hydrogen) atoms. The number of nitrogens with one attached hydrogen (secondary N) is 1. The van der Waals surface area contributed by atoms with Crippen molar-refractivity contribution in [1.29, 1.82) is 5.26 Å². The summed E-state index contributed by atoms with van der Waals surface area (Å²) in [5.41, 5.74) is 1.95. The van der Waals surface area contributed by atoms with Crippen LogP contribution in [-0.4, -0.2) is 25.7 Å². The molecule has 1 aliphatic heterocycles. The third-order valence-electron chi connectivity index (χ3n) is 3.04. The topological polar surface area (TPSA) is 39.1 Å². The first-order valence-electron chi connectivity index (χ1n) is 5.82. The summed E-state index contributed by atoms with van der Waals surface area (Å²) in [6.45, 7) is 5.35. The molecule has 1 saturated heterocycles. The second-order valence-electron chi connectivity index (χ2n) is 4.15. The molecule has 84 valence electrons. The Hall–Kier alpha value is -1.53. The van der Waals surface area contributed by atoms with E-state index in [1.165, 1.54) is 12.1 Å². The number of anilines is 1. The highest BCUT2D eigenvalue weighted by atomic mass is 15.2. The highest BCUT2D eigenvalue weighted by Crippen LogP contribution is 2.20. The summed E-state index contributed by atoms with van der Waals surface area (Å²) < 4.78 is 0. The first kappa shape index (κ1) is 11.0. The van der Waals surface area contributed by atoms with Crippen molar-refractivity contribution in [2.45, 2.75) is 19.4 Å². The van der Waals surface area contributed by atoms with Crippen molar-refractivity contribution < 1.29 is 0 Å². The molecule has 1 aromatic carbocycles. The number of hydrogen-bond acceptors (Lipinski definition) is 3. The molecule has 1 unspecified atom stereocenters. The fourth-order valence-corrected chi connectivity index (χ4v) is 2.20. The minimum absolute atomic E-state index is 0.612. The van der Waals surface area contributed by atoms with E-state index in [1.807, 2.05) is 24.3 Å². The Kier molecular flexibility index (Phi) is 3.43. The quantitative estimate of drug-likeness (QED) is 0.835. The Morgan fingerprint density at radius 1 is 1.44 bits per heavy atom. The first-order chi connectivity index (χ1) is 7.83.